The Morgan fingerprint density at radius 2 is 2.12 bits per heavy atom. The molecule has 4 heteroatoms. The molecule has 1 amide bonds. The molecule has 1 N–H and O–H groups in total. The van der Waals surface area contributed by atoms with Gasteiger partial charge < -0.3 is 10.1 Å². The molecule has 0 radical (unpaired) electrons. The van der Waals surface area contributed by atoms with Crippen molar-refractivity contribution in [1.82, 2.24) is 5.32 Å². The van der Waals surface area contributed by atoms with E-state index in [9.17, 15) is 4.79 Å². The Labute approximate surface area is 111 Å². The van der Waals surface area contributed by atoms with Crippen LogP contribution in [0.15, 0.2) is 28.7 Å². The summed E-state index contributed by atoms with van der Waals surface area (Å²) in [6, 6.07) is 7.57. The summed E-state index contributed by atoms with van der Waals surface area (Å²) in [4.78, 5) is 11.5. The van der Waals surface area contributed by atoms with Crippen molar-refractivity contribution in [2.45, 2.75) is 32.7 Å². The Morgan fingerprint density at radius 1 is 1.41 bits per heavy atom. The lowest BCUT2D eigenvalue weighted by molar-refractivity contribution is -0.122. The number of carbonyl (C=O) groups is 1. The van der Waals surface area contributed by atoms with Crippen LogP contribution in [0.5, 0.6) is 5.75 Å². The highest BCUT2D eigenvalue weighted by Gasteiger charge is 2.13. The summed E-state index contributed by atoms with van der Waals surface area (Å²) < 4.78 is 6.45. The van der Waals surface area contributed by atoms with Crippen LogP contribution in [0, 0.1) is 0 Å². The number of amides is 1. The quantitative estimate of drug-likeness (QED) is 0.927. The smallest absolute Gasteiger partial charge is 0.223 e. The SMILES string of the molecule is CC(C)(C)NC(=O)CCOc1cccc(Br)c1. The summed E-state index contributed by atoms with van der Waals surface area (Å²) in [7, 11) is 0. The van der Waals surface area contributed by atoms with E-state index in [1.165, 1.54) is 0 Å². The summed E-state index contributed by atoms with van der Waals surface area (Å²) >= 11 is 3.36. The molecule has 0 saturated carbocycles. The van der Waals surface area contributed by atoms with Crippen molar-refractivity contribution >= 4 is 21.8 Å². The monoisotopic (exact) mass is 299 g/mol. The van der Waals surface area contributed by atoms with Gasteiger partial charge in [-0.25, -0.2) is 0 Å². The molecule has 1 aromatic rings. The highest BCUT2D eigenvalue weighted by Crippen LogP contribution is 2.17. The highest BCUT2D eigenvalue weighted by atomic mass is 79.9. The molecule has 0 fully saturated rings. The lowest BCUT2D eigenvalue weighted by atomic mass is 10.1. The molecule has 3 nitrogen and oxygen atoms in total. The zero-order valence-electron chi connectivity index (χ0n) is 10.4. The zero-order valence-corrected chi connectivity index (χ0v) is 12.0. The minimum Gasteiger partial charge on any atom is -0.493 e. The van der Waals surface area contributed by atoms with E-state index < -0.39 is 0 Å². The Hall–Kier alpha value is -1.03. The second-order valence-electron chi connectivity index (χ2n) is 4.85. The van der Waals surface area contributed by atoms with Crippen LogP contribution in [-0.2, 0) is 4.79 Å². The van der Waals surface area contributed by atoms with Gasteiger partial charge in [0, 0.05) is 10.0 Å². The van der Waals surface area contributed by atoms with Crippen molar-refractivity contribution in [1.29, 1.82) is 0 Å². The molecule has 0 unspecified atom stereocenters. The highest BCUT2D eigenvalue weighted by molar-refractivity contribution is 9.10. The normalized spacial score (nSPS) is 11.1. The summed E-state index contributed by atoms with van der Waals surface area (Å²) in [6.45, 7) is 6.26. The average Bonchev–Trinajstić information content (AvgIpc) is 2.14. The summed E-state index contributed by atoms with van der Waals surface area (Å²) in [5, 5.41) is 2.89. The number of hydrogen-bond acceptors (Lipinski definition) is 2. The third-order valence-electron chi connectivity index (χ3n) is 1.91. The second-order valence-corrected chi connectivity index (χ2v) is 5.77. The molecule has 0 spiro atoms. The van der Waals surface area contributed by atoms with Crippen molar-refractivity contribution < 1.29 is 9.53 Å². The molecule has 1 aromatic carbocycles. The zero-order chi connectivity index (χ0) is 12.9. The van der Waals surface area contributed by atoms with E-state index in [0.717, 1.165) is 10.2 Å². The molecule has 0 atom stereocenters. The summed E-state index contributed by atoms with van der Waals surface area (Å²) in [5.41, 5.74) is -0.188. The van der Waals surface area contributed by atoms with Crippen molar-refractivity contribution in [3.05, 3.63) is 28.7 Å². The van der Waals surface area contributed by atoms with Gasteiger partial charge in [-0.15, -0.1) is 0 Å². The van der Waals surface area contributed by atoms with Crippen molar-refractivity contribution in [2.75, 3.05) is 6.61 Å². The molecule has 0 aromatic heterocycles. The van der Waals surface area contributed by atoms with Gasteiger partial charge in [-0.2, -0.15) is 0 Å². The maximum absolute atomic E-state index is 11.5. The third-order valence-corrected chi connectivity index (χ3v) is 2.40. The average molecular weight is 300 g/mol. The molecule has 17 heavy (non-hydrogen) atoms. The van der Waals surface area contributed by atoms with Crippen LogP contribution in [0.4, 0.5) is 0 Å². The van der Waals surface area contributed by atoms with Gasteiger partial charge in [-0.05, 0) is 39.0 Å². The first-order valence-corrected chi connectivity index (χ1v) is 6.35. The first-order valence-electron chi connectivity index (χ1n) is 5.56. The Bertz CT molecular complexity index is 385. The summed E-state index contributed by atoms with van der Waals surface area (Å²) in [5.74, 6) is 0.774. The van der Waals surface area contributed by atoms with Gasteiger partial charge in [-0.3, -0.25) is 4.79 Å². The van der Waals surface area contributed by atoms with Crippen LogP contribution >= 0.6 is 15.9 Å². The topological polar surface area (TPSA) is 38.3 Å². The van der Waals surface area contributed by atoms with E-state index in [1.54, 1.807) is 0 Å². The number of nitrogens with one attached hydrogen (secondary N) is 1. The Balaban J connectivity index is 2.31. The number of halogens is 1. The Kier molecular flexibility index (Phi) is 5.00. The maximum atomic E-state index is 11.5. The predicted octanol–water partition coefficient (Wildman–Crippen LogP) is 3.13. The molecule has 0 aliphatic heterocycles. The number of ether oxygens (including phenoxy) is 1. The van der Waals surface area contributed by atoms with Gasteiger partial charge in [0.05, 0.1) is 13.0 Å². The molecule has 0 aliphatic carbocycles. The van der Waals surface area contributed by atoms with E-state index in [-0.39, 0.29) is 11.4 Å². The van der Waals surface area contributed by atoms with Crippen LogP contribution in [-0.4, -0.2) is 18.1 Å². The first kappa shape index (κ1) is 14.0. The molecule has 0 saturated heterocycles. The Morgan fingerprint density at radius 3 is 2.71 bits per heavy atom. The number of rotatable bonds is 4. The predicted molar refractivity (Wildman–Crippen MR) is 72.1 cm³/mol. The third kappa shape index (κ3) is 6.31. The van der Waals surface area contributed by atoms with E-state index in [1.807, 2.05) is 45.0 Å². The fourth-order valence-corrected chi connectivity index (χ4v) is 1.68. The lowest BCUT2D eigenvalue weighted by Crippen LogP contribution is -2.41. The van der Waals surface area contributed by atoms with Gasteiger partial charge in [0.25, 0.3) is 0 Å². The van der Waals surface area contributed by atoms with Gasteiger partial charge >= 0.3 is 0 Å². The maximum Gasteiger partial charge on any atom is 0.223 e. The van der Waals surface area contributed by atoms with Crippen LogP contribution in [0.1, 0.15) is 27.2 Å². The molecule has 1 rings (SSSR count). The van der Waals surface area contributed by atoms with E-state index in [4.69, 9.17) is 4.74 Å². The van der Waals surface area contributed by atoms with Crippen LogP contribution in [0.2, 0.25) is 0 Å². The molecule has 94 valence electrons. The van der Waals surface area contributed by atoms with Crippen LogP contribution in [0.25, 0.3) is 0 Å². The molecule has 0 aliphatic rings. The fraction of sp³-hybridized carbons (Fsp3) is 0.462. The van der Waals surface area contributed by atoms with Crippen molar-refractivity contribution in [3.8, 4) is 5.75 Å². The van der Waals surface area contributed by atoms with Gasteiger partial charge in [-0.1, -0.05) is 22.0 Å². The minimum absolute atomic E-state index is 0.00694. The molecular formula is C13H18BrNO2. The van der Waals surface area contributed by atoms with Gasteiger partial charge in [0.15, 0.2) is 0 Å². The van der Waals surface area contributed by atoms with Crippen LogP contribution in [0.3, 0.4) is 0 Å². The molecular weight excluding hydrogens is 282 g/mol. The van der Waals surface area contributed by atoms with Crippen molar-refractivity contribution in [2.24, 2.45) is 0 Å². The van der Waals surface area contributed by atoms with Gasteiger partial charge in [0.1, 0.15) is 5.75 Å². The van der Waals surface area contributed by atoms with Crippen molar-refractivity contribution in [3.63, 3.8) is 0 Å². The standard InChI is InChI=1S/C13H18BrNO2/c1-13(2,3)15-12(16)7-8-17-11-6-4-5-10(14)9-11/h4-6,9H,7-8H2,1-3H3,(H,15,16). The van der Waals surface area contributed by atoms with Gasteiger partial charge in [0.2, 0.25) is 5.91 Å². The second kappa shape index (κ2) is 6.05. The van der Waals surface area contributed by atoms with E-state index in [2.05, 4.69) is 21.2 Å². The number of carbonyl (C=O) groups excluding carboxylic acids is 1. The largest absolute Gasteiger partial charge is 0.493 e. The lowest BCUT2D eigenvalue weighted by Gasteiger charge is -2.20. The van der Waals surface area contributed by atoms with E-state index >= 15 is 0 Å². The molecule has 0 bridgehead atoms. The summed E-state index contributed by atoms with van der Waals surface area (Å²) in [6.07, 6.45) is 0.365. The van der Waals surface area contributed by atoms with Crippen LogP contribution < -0.4 is 10.1 Å². The minimum atomic E-state index is -0.188. The number of benzene rings is 1. The molecule has 0 heterocycles. The fourth-order valence-electron chi connectivity index (χ4n) is 1.30. The first-order chi connectivity index (χ1) is 7.87. The van der Waals surface area contributed by atoms with E-state index in [0.29, 0.717) is 13.0 Å². The number of hydrogen-bond donors (Lipinski definition) is 1.